The molecule has 2 N–H and O–H groups in total. The highest BCUT2D eigenvalue weighted by Gasteiger charge is 2.47. The van der Waals surface area contributed by atoms with Gasteiger partial charge in [0.15, 0.2) is 5.69 Å². The molecule has 0 unspecified atom stereocenters. The molecule has 2 aliphatic heterocycles. The SMILES string of the molecule is O=C(NCCN1CCOCC1)c1nc2n(c1Cl)[C@@H](C(F)(F)F)C[C@@H](c1ccc(Br)cc1)N2. The summed E-state index contributed by atoms with van der Waals surface area (Å²) in [5, 5.41) is 5.39. The van der Waals surface area contributed by atoms with Crippen LogP contribution in [0.15, 0.2) is 28.7 Å². The Kier molecular flexibility index (Phi) is 6.99. The molecule has 4 rings (SSSR count). The van der Waals surface area contributed by atoms with Gasteiger partial charge in [-0.15, -0.1) is 0 Å². The van der Waals surface area contributed by atoms with Crippen molar-refractivity contribution in [2.75, 3.05) is 44.7 Å². The average molecular weight is 537 g/mol. The Hall–Kier alpha value is -1.82. The maximum atomic E-state index is 13.9. The zero-order chi connectivity index (χ0) is 22.9. The Bertz CT molecular complexity index is 963. The fourth-order valence-electron chi connectivity index (χ4n) is 3.92. The lowest BCUT2D eigenvalue weighted by Crippen LogP contribution is -2.41. The quantitative estimate of drug-likeness (QED) is 0.604. The van der Waals surface area contributed by atoms with Gasteiger partial charge in [0, 0.05) is 37.1 Å². The van der Waals surface area contributed by atoms with Gasteiger partial charge in [-0.1, -0.05) is 39.7 Å². The standard InChI is InChI=1S/C20H22BrClF3N5O2/c21-13-3-1-12(2-4-13)14-11-15(20(23,24)25)30-17(22)16(28-19(30)27-14)18(31)26-5-6-29-7-9-32-10-8-29/h1-4,14-15H,5-11H2,(H,26,31)(H,27,28)/t14-,15+/m0/s1. The number of amides is 1. The molecular weight excluding hydrogens is 515 g/mol. The molecule has 0 radical (unpaired) electrons. The summed E-state index contributed by atoms with van der Waals surface area (Å²) in [6.07, 6.45) is -4.83. The normalized spacial score (nSPS) is 21.7. The molecule has 174 valence electrons. The molecule has 1 fully saturated rings. The van der Waals surface area contributed by atoms with Crippen molar-refractivity contribution in [1.82, 2.24) is 19.8 Å². The van der Waals surface area contributed by atoms with Crippen LogP contribution in [0, 0.1) is 0 Å². The van der Waals surface area contributed by atoms with E-state index in [-0.39, 0.29) is 23.2 Å². The lowest BCUT2D eigenvalue weighted by Gasteiger charge is -2.34. The largest absolute Gasteiger partial charge is 0.409 e. The van der Waals surface area contributed by atoms with E-state index < -0.39 is 24.2 Å². The second-order valence-corrected chi connectivity index (χ2v) is 8.97. The van der Waals surface area contributed by atoms with E-state index in [0.717, 1.165) is 22.1 Å². The van der Waals surface area contributed by atoms with Gasteiger partial charge in [0.25, 0.3) is 5.91 Å². The Balaban J connectivity index is 1.53. The van der Waals surface area contributed by atoms with Crippen LogP contribution < -0.4 is 10.6 Å². The van der Waals surface area contributed by atoms with Gasteiger partial charge in [-0.25, -0.2) is 4.98 Å². The molecule has 12 heteroatoms. The first kappa shape index (κ1) is 23.3. The van der Waals surface area contributed by atoms with Gasteiger partial charge in [-0.3, -0.25) is 14.3 Å². The topological polar surface area (TPSA) is 71.4 Å². The van der Waals surface area contributed by atoms with E-state index in [4.69, 9.17) is 16.3 Å². The van der Waals surface area contributed by atoms with Crippen LogP contribution in [0.25, 0.3) is 0 Å². The third-order valence-electron chi connectivity index (χ3n) is 5.61. The minimum absolute atomic E-state index is 0.0742. The maximum Gasteiger partial charge on any atom is 0.409 e. The van der Waals surface area contributed by atoms with Crippen molar-refractivity contribution in [2.24, 2.45) is 0 Å². The van der Waals surface area contributed by atoms with Gasteiger partial charge < -0.3 is 15.4 Å². The number of hydrogen-bond donors (Lipinski definition) is 2. The summed E-state index contributed by atoms with van der Waals surface area (Å²) in [7, 11) is 0. The number of morpholine rings is 1. The first-order valence-corrected chi connectivity index (χ1v) is 11.4. The zero-order valence-electron chi connectivity index (χ0n) is 17.0. The zero-order valence-corrected chi connectivity index (χ0v) is 19.3. The number of hydrogen-bond acceptors (Lipinski definition) is 5. The summed E-state index contributed by atoms with van der Waals surface area (Å²) in [5.74, 6) is -0.678. The highest BCUT2D eigenvalue weighted by Crippen LogP contribution is 2.46. The van der Waals surface area contributed by atoms with Crippen LogP contribution in [0.2, 0.25) is 5.15 Å². The fourth-order valence-corrected chi connectivity index (χ4v) is 4.51. The number of nitrogens with zero attached hydrogens (tertiary/aromatic N) is 3. The van der Waals surface area contributed by atoms with E-state index in [1.54, 1.807) is 24.3 Å². The first-order valence-electron chi connectivity index (χ1n) is 10.2. The third-order valence-corrected chi connectivity index (χ3v) is 6.50. The monoisotopic (exact) mass is 535 g/mol. The van der Waals surface area contributed by atoms with Crippen LogP contribution in [0.4, 0.5) is 19.1 Å². The first-order chi connectivity index (χ1) is 15.2. The summed E-state index contributed by atoms with van der Waals surface area (Å²) in [5.41, 5.74) is 0.464. The number of imidazole rings is 1. The van der Waals surface area contributed by atoms with Crippen molar-refractivity contribution >= 4 is 39.4 Å². The van der Waals surface area contributed by atoms with E-state index in [1.165, 1.54) is 0 Å². The summed E-state index contributed by atoms with van der Waals surface area (Å²) in [4.78, 5) is 18.9. The lowest BCUT2D eigenvalue weighted by molar-refractivity contribution is -0.171. The minimum atomic E-state index is -4.56. The molecule has 1 aromatic carbocycles. The number of aromatic nitrogens is 2. The molecular formula is C20H22BrClF3N5O2. The predicted molar refractivity (Wildman–Crippen MR) is 117 cm³/mol. The highest BCUT2D eigenvalue weighted by atomic mass is 79.9. The van der Waals surface area contributed by atoms with Gasteiger partial charge in [-0.2, -0.15) is 13.2 Å². The number of anilines is 1. The maximum absolute atomic E-state index is 13.9. The van der Waals surface area contributed by atoms with Gasteiger partial charge in [0.1, 0.15) is 11.2 Å². The van der Waals surface area contributed by atoms with Crippen molar-refractivity contribution in [3.8, 4) is 0 Å². The number of nitrogens with one attached hydrogen (secondary N) is 2. The minimum Gasteiger partial charge on any atom is -0.379 e. The number of carbonyl (C=O) groups is 1. The van der Waals surface area contributed by atoms with Crippen molar-refractivity contribution in [3.63, 3.8) is 0 Å². The molecule has 2 atom stereocenters. The second-order valence-electron chi connectivity index (χ2n) is 7.70. The Labute approximate surface area is 196 Å². The second kappa shape index (κ2) is 9.58. The Morgan fingerprint density at radius 2 is 1.97 bits per heavy atom. The van der Waals surface area contributed by atoms with Gasteiger partial charge >= 0.3 is 6.18 Å². The summed E-state index contributed by atoms with van der Waals surface area (Å²) < 4.78 is 48.7. The molecule has 32 heavy (non-hydrogen) atoms. The lowest BCUT2D eigenvalue weighted by atomic mass is 9.97. The van der Waals surface area contributed by atoms with Gasteiger partial charge in [-0.05, 0) is 17.7 Å². The fraction of sp³-hybridized carbons (Fsp3) is 0.500. The van der Waals surface area contributed by atoms with Crippen molar-refractivity contribution in [3.05, 3.63) is 45.1 Å². The number of halogens is 5. The molecule has 0 saturated carbocycles. The molecule has 0 aliphatic carbocycles. The number of alkyl halides is 3. The van der Waals surface area contributed by atoms with Crippen molar-refractivity contribution in [1.29, 1.82) is 0 Å². The molecule has 1 aromatic heterocycles. The Morgan fingerprint density at radius 1 is 1.28 bits per heavy atom. The van der Waals surface area contributed by atoms with Crippen molar-refractivity contribution in [2.45, 2.75) is 24.7 Å². The number of fused-ring (bicyclic) bond motifs is 1. The molecule has 0 bridgehead atoms. The number of rotatable bonds is 5. The molecule has 1 saturated heterocycles. The smallest absolute Gasteiger partial charge is 0.379 e. The summed E-state index contributed by atoms with van der Waals surface area (Å²) in [6, 6.07) is 4.49. The highest BCUT2D eigenvalue weighted by molar-refractivity contribution is 9.10. The third kappa shape index (κ3) is 5.05. The van der Waals surface area contributed by atoms with Crippen LogP contribution in [0.3, 0.4) is 0 Å². The van der Waals surface area contributed by atoms with E-state index in [9.17, 15) is 18.0 Å². The average Bonchev–Trinajstić information content (AvgIpc) is 3.10. The number of carbonyl (C=O) groups excluding carboxylic acids is 1. The Morgan fingerprint density at radius 3 is 2.62 bits per heavy atom. The number of ether oxygens (including phenoxy) is 1. The molecule has 1 amide bonds. The van der Waals surface area contributed by atoms with Gasteiger partial charge in [0.2, 0.25) is 5.95 Å². The van der Waals surface area contributed by atoms with E-state index in [2.05, 4.69) is 36.4 Å². The summed E-state index contributed by atoms with van der Waals surface area (Å²) in [6.45, 7) is 3.74. The van der Waals surface area contributed by atoms with Crippen LogP contribution in [-0.4, -0.2) is 65.9 Å². The molecule has 3 heterocycles. The van der Waals surface area contributed by atoms with E-state index in [1.807, 2.05) is 0 Å². The summed E-state index contributed by atoms with van der Waals surface area (Å²) >= 11 is 9.57. The van der Waals surface area contributed by atoms with Crippen molar-refractivity contribution < 1.29 is 22.7 Å². The van der Waals surface area contributed by atoms with E-state index >= 15 is 0 Å². The molecule has 0 spiro atoms. The predicted octanol–water partition coefficient (Wildman–Crippen LogP) is 4.02. The van der Waals surface area contributed by atoms with Crippen LogP contribution >= 0.6 is 27.5 Å². The molecule has 7 nitrogen and oxygen atoms in total. The van der Waals surface area contributed by atoms with Crippen LogP contribution in [0.1, 0.15) is 34.6 Å². The molecule has 2 aromatic rings. The van der Waals surface area contributed by atoms with Crippen LogP contribution in [-0.2, 0) is 4.74 Å². The molecule has 2 aliphatic rings. The van der Waals surface area contributed by atoms with Gasteiger partial charge in [0.05, 0.1) is 19.3 Å². The van der Waals surface area contributed by atoms with E-state index in [0.29, 0.717) is 31.9 Å². The number of benzene rings is 1. The van der Waals surface area contributed by atoms with Crippen LogP contribution in [0.5, 0.6) is 0 Å².